The maximum atomic E-state index is 6.03. The number of anilines is 1. The van der Waals surface area contributed by atoms with Gasteiger partial charge < -0.3 is 16.0 Å². The van der Waals surface area contributed by atoms with Gasteiger partial charge in [0.1, 0.15) is 0 Å². The average Bonchev–Trinajstić information content (AvgIpc) is 2.37. The Balaban J connectivity index is 2.11. The van der Waals surface area contributed by atoms with Gasteiger partial charge in [-0.25, -0.2) is 0 Å². The van der Waals surface area contributed by atoms with E-state index in [0.29, 0.717) is 12.6 Å². The van der Waals surface area contributed by atoms with E-state index < -0.39 is 0 Å². The Morgan fingerprint density at radius 2 is 2.11 bits per heavy atom. The molecule has 2 rings (SSSR count). The van der Waals surface area contributed by atoms with Crippen LogP contribution < -0.4 is 11.1 Å². The number of halogens is 1. The summed E-state index contributed by atoms with van der Waals surface area (Å²) in [7, 11) is 2.19. The number of likely N-dealkylation sites (tertiary alicyclic amines) is 1. The first-order valence-corrected chi connectivity index (χ1v) is 7.28. The van der Waals surface area contributed by atoms with E-state index in [1.165, 1.54) is 0 Å². The molecular weight excluding hydrogens is 290 g/mol. The Hall–Kier alpha value is -0.580. The summed E-state index contributed by atoms with van der Waals surface area (Å²) in [6.45, 7) is 4.05. The molecule has 1 aliphatic rings. The molecule has 3 N–H and O–H groups in total. The highest BCUT2D eigenvalue weighted by molar-refractivity contribution is 9.10. The Labute approximate surface area is 118 Å². The summed E-state index contributed by atoms with van der Waals surface area (Å²) in [5.74, 6) is 0. The minimum atomic E-state index is 0.0414. The molecule has 0 saturated carbocycles. The lowest BCUT2D eigenvalue weighted by Gasteiger charge is -2.45. The maximum Gasteiger partial charge on any atom is 0.0522 e. The third kappa shape index (κ3) is 3.05. The van der Waals surface area contributed by atoms with Gasteiger partial charge >= 0.3 is 0 Å². The molecule has 0 bridgehead atoms. The van der Waals surface area contributed by atoms with E-state index in [2.05, 4.69) is 64.4 Å². The molecule has 0 aromatic heterocycles. The van der Waals surface area contributed by atoms with Gasteiger partial charge in [-0.1, -0.05) is 15.9 Å². The summed E-state index contributed by atoms with van der Waals surface area (Å²) in [4.78, 5) is 2.40. The van der Waals surface area contributed by atoms with Crippen molar-refractivity contribution in [2.75, 3.05) is 25.5 Å². The van der Waals surface area contributed by atoms with E-state index >= 15 is 0 Å². The first-order chi connectivity index (χ1) is 8.54. The summed E-state index contributed by atoms with van der Waals surface area (Å²) in [5, 5.41) is 3.65. The second-order valence-electron chi connectivity index (χ2n) is 5.40. The molecule has 0 amide bonds. The van der Waals surface area contributed by atoms with Crippen LogP contribution in [0.25, 0.3) is 0 Å². The molecule has 2 atom stereocenters. The van der Waals surface area contributed by atoms with Crippen molar-refractivity contribution in [3.63, 3.8) is 0 Å². The van der Waals surface area contributed by atoms with Crippen LogP contribution in [0.4, 0.5) is 5.69 Å². The third-order valence-corrected chi connectivity index (χ3v) is 4.55. The fraction of sp³-hybridized carbons (Fsp3) is 0.571. The fourth-order valence-electron chi connectivity index (χ4n) is 2.62. The first-order valence-electron chi connectivity index (χ1n) is 6.49. The van der Waals surface area contributed by atoms with Crippen LogP contribution >= 0.6 is 15.9 Å². The number of piperidine rings is 1. The molecule has 100 valence electrons. The Kier molecular flexibility index (Phi) is 4.30. The van der Waals surface area contributed by atoms with Crippen LogP contribution in [-0.4, -0.2) is 36.6 Å². The van der Waals surface area contributed by atoms with Crippen molar-refractivity contribution in [1.82, 2.24) is 4.90 Å². The molecule has 3 nitrogen and oxygen atoms in total. The zero-order chi connectivity index (χ0) is 13.2. The highest BCUT2D eigenvalue weighted by Crippen LogP contribution is 2.29. The SMILES string of the molecule is CC1CC(CN)(Nc2ccc(Br)cc2)CCN1C. The van der Waals surface area contributed by atoms with Crippen LogP contribution in [0.2, 0.25) is 0 Å². The van der Waals surface area contributed by atoms with Crippen molar-refractivity contribution in [3.8, 4) is 0 Å². The van der Waals surface area contributed by atoms with Crippen molar-refractivity contribution in [2.45, 2.75) is 31.3 Å². The number of nitrogens with two attached hydrogens (primary N) is 1. The molecule has 1 saturated heterocycles. The van der Waals surface area contributed by atoms with Crippen LogP contribution in [0, 0.1) is 0 Å². The monoisotopic (exact) mass is 311 g/mol. The predicted octanol–water partition coefficient (Wildman–Crippen LogP) is 2.67. The van der Waals surface area contributed by atoms with Crippen LogP contribution in [0.5, 0.6) is 0 Å². The summed E-state index contributed by atoms with van der Waals surface area (Å²) in [5.41, 5.74) is 7.23. The van der Waals surface area contributed by atoms with E-state index in [-0.39, 0.29) is 5.54 Å². The number of hydrogen-bond acceptors (Lipinski definition) is 3. The van der Waals surface area contributed by atoms with Gasteiger partial charge in [0.25, 0.3) is 0 Å². The molecule has 18 heavy (non-hydrogen) atoms. The van der Waals surface area contributed by atoms with Crippen LogP contribution in [0.1, 0.15) is 19.8 Å². The Morgan fingerprint density at radius 3 is 2.67 bits per heavy atom. The fourth-order valence-corrected chi connectivity index (χ4v) is 2.89. The lowest BCUT2D eigenvalue weighted by atomic mass is 9.83. The highest BCUT2D eigenvalue weighted by Gasteiger charge is 2.35. The summed E-state index contributed by atoms with van der Waals surface area (Å²) in [6, 6.07) is 8.90. The summed E-state index contributed by atoms with van der Waals surface area (Å²) >= 11 is 3.46. The molecule has 1 heterocycles. The third-order valence-electron chi connectivity index (χ3n) is 4.03. The van der Waals surface area contributed by atoms with Crippen LogP contribution in [0.3, 0.4) is 0 Å². The molecule has 1 aliphatic heterocycles. The number of benzene rings is 1. The summed E-state index contributed by atoms with van der Waals surface area (Å²) in [6.07, 6.45) is 2.19. The van der Waals surface area contributed by atoms with E-state index in [1.807, 2.05) is 0 Å². The Morgan fingerprint density at radius 1 is 1.44 bits per heavy atom. The van der Waals surface area contributed by atoms with Gasteiger partial charge in [-0.15, -0.1) is 0 Å². The lowest BCUT2D eigenvalue weighted by molar-refractivity contribution is 0.147. The van der Waals surface area contributed by atoms with Gasteiger partial charge in [0.2, 0.25) is 0 Å². The minimum Gasteiger partial charge on any atom is -0.378 e. The van der Waals surface area contributed by atoms with Crippen molar-refractivity contribution in [1.29, 1.82) is 0 Å². The molecule has 4 heteroatoms. The maximum absolute atomic E-state index is 6.03. The Bertz CT molecular complexity index is 393. The van der Waals surface area contributed by atoms with Crippen molar-refractivity contribution >= 4 is 21.6 Å². The molecule has 0 radical (unpaired) electrons. The van der Waals surface area contributed by atoms with Gasteiger partial charge in [0, 0.05) is 29.3 Å². The minimum absolute atomic E-state index is 0.0414. The predicted molar refractivity (Wildman–Crippen MR) is 80.9 cm³/mol. The lowest BCUT2D eigenvalue weighted by Crippen LogP contribution is -2.55. The highest BCUT2D eigenvalue weighted by atomic mass is 79.9. The van der Waals surface area contributed by atoms with Crippen molar-refractivity contribution in [3.05, 3.63) is 28.7 Å². The first kappa shape index (κ1) is 13.8. The molecule has 1 aromatic rings. The molecule has 0 aliphatic carbocycles. The normalized spacial score (nSPS) is 29.2. The number of hydrogen-bond donors (Lipinski definition) is 2. The van der Waals surface area contributed by atoms with Gasteiger partial charge in [0.15, 0.2) is 0 Å². The number of nitrogens with one attached hydrogen (secondary N) is 1. The second-order valence-corrected chi connectivity index (χ2v) is 6.32. The largest absolute Gasteiger partial charge is 0.378 e. The molecule has 2 unspecified atom stereocenters. The van der Waals surface area contributed by atoms with E-state index in [4.69, 9.17) is 5.73 Å². The molecule has 1 aromatic carbocycles. The number of rotatable bonds is 3. The quantitative estimate of drug-likeness (QED) is 0.901. The van der Waals surface area contributed by atoms with Crippen LogP contribution in [-0.2, 0) is 0 Å². The number of nitrogens with zero attached hydrogens (tertiary/aromatic N) is 1. The molecule has 0 spiro atoms. The zero-order valence-corrected chi connectivity index (χ0v) is 12.7. The summed E-state index contributed by atoms with van der Waals surface area (Å²) < 4.78 is 1.10. The van der Waals surface area contributed by atoms with E-state index in [1.54, 1.807) is 0 Å². The van der Waals surface area contributed by atoms with Gasteiger partial charge in [0.05, 0.1) is 5.54 Å². The van der Waals surface area contributed by atoms with Gasteiger partial charge in [-0.2, -0.15) is 0 Å². The topological polar surface area (TPSA) is 41.3 Å². The zero-order valence-electron chi connectivity index (χ0n) is 11.1. The average molecular weight is 312 g/mol. The van der Waals surface area contributed by atoms with Crippen LogP contribution in [0.15, 0.2) is 28.7 Å². The van der Waals surface area contributed by atoms with Crippen molar-refractivity contribution < 1.29 is 0 Å². The van der Waals surface area contributed by atoms with Gasteiger partial charge in [-0.3, -0.25) is 0 Å². The molecular formula is C14H22BrN3. The van der Waals surface area contributed by atoms with E-state index in [9.17, 15) is 0 Å². The van der Waals surface area contributed by atoms with E-state index in [0.717, 1.165) is 29.5 Å². The standard InChI is InChI=1S/C14H22BrN3/c1-11-9-14(10-16,7-8-18(11)2)17-13-5-3-12(15)4-6-13/h3-6,11,17H,7-10,16H2,1-2H3. The smallest absolute Gasteiger partial charge is 0.0522 e. The molecule has 1 fully saturated rings. The van der Waals surface area contributed by atoms with Gasteiger partial charge in [-0.05, 0) is 51.1 Å². The second kappa shape index (κ2) is 5.59. The van der Waals surface area contributed by atoms with Crippen molar-refractivity contribution in [2.24, 2.45) is 5.73 Å².